The van der Waals surface area contributed by atoms with Crippen molar-refractivity contribution in [2.45, 2.75) is 6.92 Å². The van der Waals surface area contributed by atoms with Crippen LogP contribution in [0, 0.1) is 6.92 Å². The van der Waals surface area contributed by atoms with Crippen LogP contribution in [0.15, 0.2) is 83.9 Å². The zero-order valence-corrected chi connectivity index (χ0v) is 14.3. The minimum atomic E-state index is -0.0247. The molecule has 2 aliphatic heterocycles. The number of hydrogen-bond donors (Lipinski definition) is 0. The summed E-state index contributed by atoms with van der Waals surface area (Å²) in [5, 5.41) is 0. The maximum atomic E-state index is 13.4. The van der Waals surface area contributed by atoms with Crippen LogP contribution in [0.5, 0.6) is 0 Å². The van der Waals surface area contributed by atoms with Crippen LogP contribution < -0.4 is 4.90 Å². The Bertz CT molecular complexity index is 1090. The van der Waals surface area contributed by atoms with Gasteiger partial charge in [-0.05, 0) is 30.7 Å². The van der Waals surface area contributed by atoms with Gasteiger partial charge in [0.25, 0.3) is 5.91 Å². The molecule has 0 aromatic heterocycles. The highest BCUT2D eigenvalue weighted by Crippen LogP contribution is 2.46. The molecule has 2 aliphatic rings. The first-order chi connectivity index (χ1) is 12.7. The second-order valence-electron chi connectivity index (χ2n) is 6.54. The highest BCUT2D eigenvalue weighted by atomic mass is 16.2. The van der Waals surface area contributed by atoms with E-state index in [9.17, 15) is 4.79 Å². The lowest BCUT2D eigenvalue weighted by Crippen LogP contribution is -2.30. The summed E-state index contributed by atoms with van der Waals surface area (Å²) < 4.78 is 0. The van der Waals surface area contributed by atoms with Gasteiger partial charge >= 0.3 is 0 Å². The maximum absolute atomic E-state index is 13.4. The fraction of sp³-hybridized carbons (Fsp3) is 0.0435. The molecular weight excluding hydrogens is 320 g/mol. The van der Waals surface area contributed by atoms with E-state index in [2.05, 4.69) is 0 Å². The van der Waals surface area contributed by atoms with Crippen LogP contribution in [-0.4, -0.2) is 11.7 Å². The quantitative estimate of drug-likeness (QED) is 0.648. The Morgan fingerprint density at radius 1 is 0.769 bits per heavy atom. The van der Waals surface area contributed by atoms with Crippen molar-refractivity contribution in [2.24, 2.45) is 4.99 Å². The molecule has 0 atom stereocenters. The number of benzene rings is 3. The average molecular weight is 336 g/mol. The first-order valence-electron chi connectivity index (χ1n) is 8.63. The Balaban J connectivity index is 1.75. The Hall–Kier alpha value is -3.46. The molecule has 2 heterocycles. The lowest BCUT2D eigenvalue weighted by Gasteiger charge is -2.17. The van der Waals surface area contributed by atoms with Gasteiger partial charge in [-0.1, -0.05) is 66.2 Å². The predicted molar refractivity (Wildman–Crippen MR) is 105 cm³/mol. The molecule has 0 unspecified atom stereocenters. The van der Waals surface area contributed by atoms with E-state index < -0.39 is 0 Å². The standard InChI is InChI=1S/C23H16N2O/c1-15-11-13-17(14-12-15)25-22-21(18-9-5-6-10-19(18)24-22)20(23(25)26)16-7-3-2-4-8-16/h2-14H,1H3. The van der Waals surface area contributed by atoms with Crippen LogP contribution in [-0.2, 0) is 4.79 Å². The predicted octanol–water partition coefficient (Wildman–Crippen LogP) is 5.00. The molecule has 124 valence electrons. The van der Waals surface area contributed by atoms with Crippen LogP contribution in [0.25, 0.3) is 11.1 Å². The molecule has 0 saturated carbocycles. The van der Waals surface area contributed by atoms with Crippen molar-refractivity contribution >= 4 is 34.3 Å². The maximum Gasteiger partial charge on any atom is 0.265 e. The molecule has 0 saturated heterocycles. The summed E-state index contributed by atoms with van der Waals surface area (Å²) >= 11 is 0. The summed E-state index contributed by atoms with van der Waals surface area (Å²) in [5.74, 6) is 0.696. The summed E-state index contributed by atoms with van der Waals surface area (Å²) in [6.45, 7) is 2.04. The molecule has 3 aromatic carbocycles. The van der Waals surface area contributed by atoms with E-state index in [-0.39, 0.29) is 5.91 Å². The highest BCUT2D eigenvalue weighted by Gasteiger charge is 2.42. The van der Waals surface area contributed by atoms with Crippen molar-refractivity contribution in [2.75, 3.05) is 4.90 Å². The van der Waals surface area contributed by atoms with Crippen molar-refractivity contribution in [3.8, 4) is 0 Å². The molecule has 0 N–H and O–H groups in total. The number of para-hydroxylation sites is 1. The van der Waals surface area contributed by atoms with E-state index in [4.69, 9.17) is 4.99 Å². The number of carbonyl (C=O) groups excluding carboxylic acids is 1. The van der Waals surface area contributed by atoms with E-state index in [0.717, 1.165) is 45.0 Å². The first-order valence-corrected chi connectivity index (χ1v) is 8.63. The Kier molecular flexibility index (Phi) is 3.16. The third kappa shape index (κ3) is 2.07. The van der Waals surface area contributed by atoms with Crippen LogP contribution in [0.1, 0.15) is 16.7 Å². The van der Waals surface area contributed by atoms with Crippen LogP contribution in [0.4, 0.5) is 11.4 Å². The van der Waals surface area contributed by atoms with E-state index in [0.29, 0.717) is 0 Å². The molecule has 3 heteroatoms. The van der Waals surface area contributed by atoms with Gasteiger partial charge in [-0.2, -0.15) is 0 Å². The smallest absolute Gasteiger partial charge is 0.265 e. The zero-order chi connectivity index (χ0) is 17.7. The van der Waals surface area contributed by atoms with Crippen LogP contribution in [0.3, 0.4) is 0 Å². The lowest BCUT2D eigenvalue weighted by atomic mass is 9.97. The fourth-order valence-electron chi connectivity index (χ4n) is 3.60. The van der Waals surface area contributed by atoms with Gasteiger partial charge in [0, 0.05) is 11.1 Å². The third-order valence-corrected chi connectivity index (χ3v) is 4.86. The van der Waals surface area contributed by atoms with Crippen LogP contribution >= 0.6 is 0 Å². The molecule has 3 aromatic rings. The molecule has 0 aliphatic carbocycles. The molecule has 0 radical (unpaired) electrons. The summed E-state index contributed by atoms with van der Waals surface area (Å²) in [4.78, 5) is 19.9. The lowest BCUT2D eigenvalue weighted by molar-refractivity contribution is -0.112. The van der Waals surface area contributed by atoms with Crippen molar-refractivity contribution in [1.82, 2.24) is 0 Å². The topological polar surface area (TPSA) is 32.7 Å². The van der Waals surface area contributed by atoms with E-state index >= 15 is 0 Å². The normalized spacial score (nSPS) is 15.2. The third-order valence-electron chi connectivity index (χ3n) is 4.86. The van der Waals surface area contributed by atoms with Crippen molar-refractivity contribution in [3.05, 3.63) is 95.6 Å². The molecule has 26 heavy (non-hydrogen) atoms. The number of amides is 1. The molecule has 0 bridgehead atoms. The second-order valence-corrected chi connectivity index (χ2v) is 6.54. The summed E-state index contributed by atoms with van der Waals surface area (Å²) in [6.07, 6.45) is 0. The van der Waals surface area contributed by atoms with Gasteiger partial charge < -0.3 is 0 Å². The van der Waals surface area contributed by atoms with Gasteiger partial charge in [0.2, 0.25) is 0 Å². The molecule has 0 spiro atoms. The molecule has 5 rings (SSSR count). The van der Waals surface area contributed by atoms with Gasteiger partial charge in [0.15, 0.2) is 0 Å². The van der Waals surface area contributed by atoms with Crippen LogP contribution in [0.2, 0.25) is 0 Å². The van der Waals surface area contributed by atoms with E-state index in [1.54, 1.807) is 4.90 Å². The monoisotopic (exact) mass is 336 g/mol. The molecule has 0 fully saturated rings. The number of rotatable bonds is 2. The number of aryl methyl sites for hydroxylation is 1. The van der Waals surface area contributed by atoms with Crippen molar-refractivity contribution < 1.29 is 4.79 Å². The number of hydrogen-bond acceptors (Lipinski definition) is 2. The number of carbonyl (C=O) groups is 1. The van der Waals surface area contributed by atoms with Crippen molar-refractivity contribution in [3.63, 3.8) is 0 Å². The summed E-state index contributed by atoms with van der Waals surface area (Å²) in [7, 11) is 0. The van der Waals surface area contributed by atoms with Crippen molar-refractivity contribution in [1.29, 1.82) is 0 Å². The number of anilines is 1. The summed E-state index contributed by atoms with van der Waals surface area (Å²) in [5.41, 5.74) is 6.50. The van der Waals surface area contributed by atoms with Gasteiger partial charge in [0.05, 0.1) is 16.9 Å². The minimum Gasteiger partial charge on any atom is -0.268 e. The van der Waals surface area contributed by atoms with Gasteiger partial charge in [-0.25, -0.2) is 4.99 Å². The highest BCUT2D eigenvalue weighted by molar-refractivity contribution is 6.59. The molecule has 1 amide bonds. The number of amidine groups is 1. The van der Waals surface area contributed by atoms with E-state index in [1.165, 1.54) is 0 Å². The molecule has 3 nitrogen and oxygen atoms in total. The zero-order valence-electron chi connectivity index (χ0n) is 14.3. The SMILES string of the molecule is Cc1ccc(N2C(=O)C(c3ccccc3)=C3C2=Nc2ccccc23)cc1. The second kappa shape index (κ2) is 5.53. The average Bonchev–Trinajstić information content (AvgIpc) is 3.17. The van der Waals surface area contributed by atoms with Gasteiger partial charge in [0.1, 0.15) is 5.84 Å². The number of nitrogens with zero attached hydrogens (tertiary/aromatic N) is 2. The van der Waals surface area contributed by atoms with Gasteiger partial charge in [-0.3, -0.25) is 9.69 Å². The first kappa shape index (κ1) is 14.8. The van der Waals surface area contributed by atoms with E-state index in [1.807, 2.05) is 85.8 Å². The number of fused-ring (bicyclic) bond motifs is 3. The fourth-order valence-corrected chi connectivity index (χ4v) is 3.60. The molecular formula is C23H16N2O. The Morgan fingerprint density at radius 3 is 2.23 bits per heavy atom. The number of aliphatic imine (C=N–C) groups is 1. The Morgan fingerprint density at radius 2 is 1.46 bits per heavy atom. The van der Waals surface area contributed by atoms with Gasteiger partial charge in [-0.15, -0.1) is 0 Å². The minimum absolute atomic E-state index is 0.0247. The largest absolute Gasteiger partial charge is 0.268 e. The summed E-state index contributed by atoms with van der Waals surface area (Å²) in [6, 6.07) is 25.8. The Labute approximate surface area is 151 Å².